The Morgan fingerprint density at radius 1 is 1.06 bits per heavy atom. The van der Waals surface area contributed by atoms with Crippen LogP contribution in [0.15, 0.2) is 0 Å². The molecule has 2 heteroatoms. The van der Waals surface area contributed by atoms with Crippen LogP contribution in [0.5, 0.6) is 0 Å². The van der Waals surface area contributed by atoms with Gasteiger partial charge in [-0.2, -0.15) is 0 Å². The highest BCUT2D eigenvalue weighted by Gasteiger charge is 2.06. The highest BCUT2D eigenvalue weighted by atomic mass is 127. The monoisotopic (exact) mass is 334 g/mol. The molecule has 16 heavy (non-hydrogen) atoms. The van der Waals surface area contributed by atoms with Gasteiger partial charge in [0, 0.05) is 13.0 Å². The summed E-state index contributed by atoms with van der Waals surface area (Å²) in [5, 5.41) is 0. The maximum Gasteiger partial charge on any atom is 0.118 e. The molecule has 0 saturated heterocycles. The smallest absolute Gasteiger partial charge is 0.118 e. The van der Waals surface area contributed by atoms with E-state index in [-0.39, 0.29) is 6.10 Å². The first-order valence-electron chi connectivity index (χ1n) is 6.59. The predicted molar refractivity (Wildman–Crippen MR) is 78.0 cm³/mol. The molecule has 1 unspecified atom stereocenters. The Morgan fingerprint density at radius 2 is 1.94 bits per heavy atom. The normalized spacial score (nSPS) is 20.7. The highest BCUT2D eigenvalue weighted by molar-refractivity contribution is 14.1. The molecular formula is C14H23IO. The maximum absolute atomic E-state index is 5.82. The third-order valence-corrected chi connectivity index (χ3v) is 3.64. The highest BCUT2D eigenvalue weighted by Crippen LogP contribution is 2.11. The minimum atomic E-state index is 0.227. The molecule has 0 aromatic rings. The summed E-state index contributed by atoms with van der Waals surface area (Å²) in [6.45, 7) is 0.903. The molecule has 0 heterocycles. The summed E-state index contributed by atoms with van der Waals surface area (Å²) in [6, 6.07) is 0. The number of hydrogen-bond acceptors (Lipinski definition) is 1. The molecule has 1 rings (SSSR count). The minimum Gasteiger partial charge on any atom is -0.366 e. The van der Waals surface area contributed by atoms with Crippen LogP contribution in [0.2, 0.25) is 0 Å². The molecular weight excluding hydrogens is 311 g/mol. The van der Waals surface area contributed by atoms with Crippen molar-refractivity contribution >= 4 is 22.6 Å². The fraction of sp³-hybridized carbons (Fsp3) is 0.857. The lowest BCUT2D eigenvalue weighted by molar-refractivity contribution is 0.0802. The molecule has 0 bridgehead atoms. The molecule has 0 aromatic carbocycles. The zero-order valence-electron chi connectivity index (χ0n) is 10.1. The van der Waals surface area contributed by atoms with Crippen LogP contribution in [0.1, 0.15) is 57.8 Å². The lowest BCUT2D eigenvalue weighted by Gasteiger charge is -2.13. The van der Waals surface area contributed by atoms with E-state index in [4.69, 9.17) is 4.74 Å². The number of hydrogen-bond donors (Lipinski definition) is 0. The molecule has 1 aliphatic rings. The topological polar surface area (TPSA) is 9.23 Å². The molecule has 0 radical (unpaired) electrons. The van der Waals surface area contributed by atoms with Gasteiger partial charge in [0.25, 0.3) is 0 Å². The summed E-state index contributed by atoms with van der Waals surface area (Å²) < 4.78 is 7.11. The van der Waals surface area contributed by atoms with E-state index in [0.717, 1.165) is 19.4 Å². The molecule has 0 fully saturated rings. The van der Waals surface area contributed by atoms with Gasteiger partial charge in [0.2, 0.25) is 0 Å². The van der Waals surface area contributed by atoms with Crippen LogP contribution in [0, 0.1) is 11.8 Å². The van der Waals surface area contributed by atoms with Crippen molar-refractivity contribution in [1.29, 1.82) is 0 Å². The predicted octanol–water partition coefficient (Wildman–Crippen LogP) is 4.33. The lowest BCUT2D eigenvalue weighted by Crippen LogP contribution is -2.12. The van der Waals surface area contributed by atoms with E-state index in [1.807, 2.05) is 0 Å². The number of alkyl halides is 1. The molecule has 0 saturated carbocycles. The van der Waals surface area contributed by atoms with Crippen LogP contribution in [0.4, 0.5) is 0 Å². The second kappa shape index (κ2) is 10.4. The number of halogens is 1. The maximum atomic E-state index is 5.82. The SMILES string of the molecule is ICCCCCCOC1C#CCCCCC1. The average Bonchev–Trinajstić information content (AvgIpc) is 2.25. The largest absolute Gasteiger partial charge is 0.366 e. The lowest BCUT2D eigenvalue weighted by atomic mass is 10.1. The van der Waals surface area contributed by atoms with Gasteiger partial charge in [0.05, 0.1) is 0 Å². The van der Waals surface area contributed by atoms with Crippen LogP contribution in [-0.4, -0.2) is 17.1 Å². The Hall–Kier alpha value is 0.250. The molecule has 0 aliphatic heterocycles. The zero-order chi connectivity index (χ0) is 11.5. The Morgan fingerprint density at radius 3 is 2.81 bits per heavy atom. The van der Waals surface area contributed by atoms with Crippen molar-refractivity contribution in [3.8, 4) is 11.8 Å². The van der Waals surface area contributed by atoms with Crippen molar-refractivity contribution in [1.82, 2.24) is 0 Å². The summed E-state index contributed by atoms with van der Waals surface area (Å²) in [4.78, 5) is 0. The first kappa shape index (κ1) is 14.3. The van der Waals surface area contributed by atoms with Crippen LogP contribution in [0.25, 0.3) is 0 Å². The van der Waals surface area contributed by atoms with Crippen LogP contribution in [-0.2, 0) is 4.74 Å². The van der Waals surface area contributed by atoms with Crippen molar-refractivity contribution in [2.75, 3.05) is 11.0 Å². The quantitative estimate of drug-likeness (QED) is 0.291. The van der Waals surface area contributed by atoms with Crippen molar-refractivity contribution in [3.05, 3.63) is 0 Å². The second-order valence-corrected chi connectivity index (χ2v) is 5.46. The molecule has 1 atom stereocenters. The third kappa shape index (κ3) is 7.51. The molecule has 92 valence electrons. The fourth-order valence-electron chi connectivity index (χ4n) is 1.88. The van der Waals surface area contributed by atoms with Crippen molar-refractivity contribution in [2.24, 2.45) is 0 Å². The van der Waals surface area contributed by atoms with Gasteiger partial charge in [0.15, 0.2) is 0 Å². The second-order valence-electron chi connectivity index (χ2n) is 4.38. The number of ether oxygens (including phenoxy) is 1. The van der Waals surface area contributed by atoms with Gasteiger partial charge in [-0.15, -0.1) is 5.92 Å². The van der Waals surface area contributed by atoms with Crippen LogP contribution < -0.4 is 0 Å². The molecule has 1 aliphatic carbocycles. The number of unbranched alkanes of at least 4 members (excludes halogenated alkanes) is 3. The molecule has 0 aromatic heterocycles. The van der Waals surface area contributed by atoms with Crippen molar-refractivity contribution in [2.45, 2.75) is 63.9 Å². The first-order valence-corrected chi connectivity index (χ1v) is 8.12. The summed E-state index contributed by atoms with van der Waals surface area (Å²) in [7, 11) is 0. The van der Waals surface area contributed by atoms with Crippen molar-refractivity contribution < 1.29 is 4.74 Å². The van der Waals surface area contributed by atoms with Gasteiger partial charge in [-0.1, -0.05) is 47.8 Å². The average molecular weight is 334 g/mol. The Balaban J connectivity index is 2.02. The number of rotatable bonds is 7. The van der Waals surface area contributed by atoms with Gasteiger partial charge in [-0.05, 0) is 36.5 Å². The van der Waals surface area contributed by atoms with E-state index in [2.05, 4.69) is 34.4 Å². The molecule has 0 spiro atoms. The molecule has 0 amide bonds. The zero-order valence-corrected chi connectivity index (χ0v) is 12.3. The summed E-state index contributed by atoms with van der Waals surface area (Å²) in [5.41, 5.74) is 0. The third-order valence-electron chi connectivity index (χ3n) is 2.88. The van der Waals surface area contributed by atoms with E-state index < -0.39 is 0 Å². The summed E-state index contributed by atoms with van der Waals surface area (Å²) in [5.74, 6) is 6.47. The van der Waals surface area contributed by atoms with E-state index in [1.54, 1.807) is 0 Å². The summed E-state index contributed by atoms with van der Waals surface area (Å²) in [6.07, 6.45) is 11.5. The van der Waals surface area contributed by atoms with Gasteiger partial charge < -0.3 is 4.74 Å². The van der Waals surface area contributed by atoms with Gasteiger partial charge in [-0.25, -0.2) is 0 Å². The molecule has 0 N–H and O–H groups in total. The van der Waals surface area contributed by atoms with E-state index in [0.29, 0.717) is 0 Å². The van der Waals surface area contributed by atoms with E-state index >= 15 is 0 Å². The molecule has 1 nitrogen and oxygen atoms in total. The first-order chi connectivity index (χ1) is 7.93. The van der Waals surface area contributed by atoms with Gasteiger partial charge in [0.1, 0.15) is 6.10 Å². The van der Waals surface area contributed by atoms with Gasteiger partial charge >= 0.3 is 0 Å². The Labute approximate surface area is 114 Å². The standard InChI is InChI=1S/C14H23IO/c15-12-8-4-5-9-13-16-14-10-6-2-1-3-7-11-14/h14H,1-6,8-10,12-13H2. The van der Waals surface area contributed by atoms with E-state index in [1.165, 1.54) is 49.4 Å². The van der Waals surface area contributed by atoms with Gasteiger partial charge in [-0.3, -0.25) is 0 Å². The summed E-state index contributed by atoms with van der Waals surface area (Å²) >= 11 is 2.44. The van der Waals surface area contributed by atoms with Crippen molar-refractivity contribution in [3.63, 3.8) is 0 Å². The Kier molecular flexibility index (Phi) is 9.31. The fourth-order valence-corrected chi connectivity index (χ4v) is 2.42. The van der Waals surface area contributed by atoms with Crippen LogP contribution in [0.3, 0.4) is 0 Å². The van der Waals surface area contributed by atoms with Crippen LogP contribution >= 0.6 is 22.6 Å². The Bertz CT molecular complexity index is 217. The van der Waals surface area contributed by atoms with E-state index in [9.17, 15) is 0 Å². The minimum absolute atomic E-state index is 0.227.